The summed E-state index contributed by atoms with van der Waals surface area (Å²) in [5.74, 6) is 0.702. The summed E-state index contributed by atoms with van der Waals surface area (Å²) in [5, 5.41) is 6.26. The van der Waals surface area contributed by atoms with Crippen LogP contribution in [0.15, 0.2) is 200 Å². The molecule has 1 spiro atoms. The number of rotatable bonds is 4. The summed E-state index contributed by atoms with van der Waals surface area (Å²) >= 11 is 0. The minimum Gasteiger partial charge on any atom is -0.309 e. The van der Waals surface area contributed by atoms with Crippen LogP contribution in [0.25, 0.3) is 94.1 Å². The molecular formula is C55H33N3. The maximum Gasteiger partial charge on any atom is 0.160 e. The SMILES string of the molecule is c1ccc(-c2cc(-c3nc(-c4ccccc4)c4ccccc4n3)cc(-n3c4cccc5c4c4c6c(cccc6ccc43)C53c4ccccc4-c4ccccc43)c2)cc1. The van der Waals surface area contributed by atoms with E-state index in [1.165, 1.54) is 66.0 Å². The Labute approximate surface area is 335 Å². The van der Waals surface area contributed by atoms with Gasteiger partial charge in [-0.05, 0) is 91.7 Å². The van der Waals surface area contributed by atoms with Crippen molar-refractivity contribution in [3.05, 3.63) is 222 Å². The van der Waals surface area contributed by atoms with E-state index in [2.05, 4.69) is 205 Å². The Morgan fingerprint density at radius 1 is 0.379 bits per heavy atom. The van der Waals surface area contributed by atoms with Crippen LogP contribution in [0.3, 0.4) is 0 Å². The van der Waals surface area contributed by atoms with Crippen molar-refractivity contribution < 1.29 is 0 Å². The van der Waals surface area contributed by atoms with E-state index in [0.29, 0.717) is 5.82 Å². The number of hydrogen-bond acceptors (Lipinski definition) is 2. The van der Waals surface area contributed by atoms with Crippen LogP contribution in [0.5, 0.6) is 0 Å². The van der Waals surface area contributed by atoms with Gasteiger partial charge in [0, 0.05) is 33.0 Å². The van der Waals surface area contributed by atoms with Gasteiger partial charge in [0.15, 0.2) is 5.82 Å². The molecule has 0 bridgehead atoms. The predicted molar refractivity (Wildman–Crippen MR) is 239 cm³/mol. The summed E-state index contributed by atoms with van der Waals surface area (Å²) in [6.07, 6.45) is 0. The van der Waals surface area contributed by atoms with Gasteiger partial charge in [-0.15, -0.1) is 0 Å². The van der Waals surface area contributed by atoms with E-state index in [1.54, 1.807) is 0 Å². The molecule has 0 fully saturated rings. The van der Waals surface area contributed by atoms with E-state index < -0.39 is 5.41 Å². The molecule has 0 unspecified atom stereocenters. The highest BCUT2D eigenvalue weighted by Gasteiger charge is 2.49. The summed E-state index contributed by atoms with van der Waals surface area (Å²) in [5.41, 5.74) is 17.2. The Morgan fingerprint density at radius 2 is 0.983 bits per heavy atom. The maximum absolute atomic E-state index is 5.36. The van der Waals surface area contributed by atoms with Crippen molar-refractivity contribution in [2.24, 2.45) is 0 Å². The molecule has 0 aliphatic heterocycles. The molecule has 9 aromatic carbocycles. The average molecular weight is 736 g/mol. The highest BCUT2D eigenvalue weighted by Crippen LogP contribution is 2.62. The van der Waals surface area contributed by atoms with Crippen LogP contribution in [0.1, 0.15) is 22.3 Å². The average Bonchev–Trinajstić information content (AvgIpc) is 3.80. The van der Waals surface area contributed by atoms with Crippen LogP contribution < -0.4 is 0 Å². The van der Waals surface area contributed by atoms with E-state index in [4.69, 9.17) is 9.97 Å². The fraction of sp³-hybridized carbons (Fsp3) is 0.0182. The fourth-order valence-electron chi connectivity index (χ4n) is 10.5. The van der Waals surface area contributed by atoms with E-state index in [0.717, 1.165) is 44.5 Å². The number of benzene rings is 9. The Bertz CT molecular complexity index is 3460. The van der Waals surface area contributed by atoms with Crippen LogP contribution in [0, 0.1) is 0 Å². The Morgan fingerprint density at radius 3 is 1.76 bits per heavy atom. The first-order valence-electron chi connectivity index (χ1n) is 20.0. The highest BCUT2D eigenvalue weighted by molar-refractivity contribution is 6.26. The molecule has 2 aliphatic carbocycles. The third-order valence-electron chi connectivity index (χ3n) is 12.7. The van der Waals surface area contributed by atoms with E-state index in [1.807, 2.05) is 0 Å². The summed E-state index contributed by atoms with van der Waals surface area (Å²) < 4.78 is 2.49. The van der Waals surface area contributed by atoms with Crippen molar-refractivity contribution in [1.82, 2.24) is 14.5 Å². The molecule has 0 saturated heterocycles. The minimum atomic E-state index is -0.455. The molecule has 3 nitrogen and oxygen atoms in total. The zero-order chi connectivity index (χ0) is 38.0. The third kappa shape index (κ3) is 4.12. The van der Waals surface area contributed by atoms with E-state index in [-0.39, 0.29) is 0 Å². The second-order valence-electron chi connectivity index (χ2n) is 15.7. The van der Waals surface area contributed by atoms with Gasteiger partial charge in [-0.1, -0.05) is 164 Å². The van der Waals surface area contributed by atoms with Gasteiger partial charge in [-0.2, -0.15) is 0 Å². The molecule has 2 aromatic heterocycles. The molecule has 3 heteroatoms. The lowest BCUT2D eigenvalue weighted by atomic mass is 9.63. The maximum atomic E-state index is 5.36. The van der Waals surface area contributed by atoms with E-state index >= 15 is 0 Å². The van der Waals surface area contributed by atoms with Gasteiger partial charge in [0.2, 0.25) is 0 Å². The lowest BCUT2D eigenvalue weighted by molar-refractivity contribution is 0.783. The van der Waals surface area contributed by atoms with Crippen molar-refractivity contribution in [2.75, 3.05) is 0 Å². The topological polar surface area (TPSA) is 30.7 Å². The molecule has 0 saturated carbocycles. The number of fused-ring (bicyclic) bond motifs is 8. The standard InChI is InChI=1S/C55H33N3/c1-3-15-34(16-4-1)37-31-38(54-56-47-27-12-9-22-42(47)53(57-54)36-17-5-2-6-18-36)33-39(32-37)58-48-28-14-26-46-51(48)52-49(58)30-29-35-19-13-25-45(50(35)52)55(46)43-23-10-7-20-40(43)41-21-8-11-24-44(41)55/h1-33H. The molecule has 0 radical (unpaired) electrons. The molecule has 13 rings (SSSR count). The van der Waals surface area contributed by atoms with Gasteiger partial charge >= 0.3 is 0 Å². The predicted octanol–water partition coefficient (Wildman–Crippen LogP) is 13.6. The van der Waals surface area contributed by atoms with Crippen molar-refractivity contribution in [3.63, 3.8) is 0 Å². The second kappa shape index (κ2) is 11.7. The van der Waals surface area contributed by atoms with Crippen LogP contribution >= 0.6 is 0 Å². The number of hydrogen-bond donors (Lipinski definition) is 0. The third-order valence-corrected chi connectivity index (χ3v) is 12.7. The van der Waals surface area contributed by atoms with Crippen molar-refractivity contribution in [3.8, 4) is 50.6 Å². The van der Waals surface area contributed by atoms with Crippen LogP contribution in [0.4, 0.5) is 0 Å². The van der Waals surface area contributed by atoms with Crippen molar-refractivity contribution >= 4 is 43.5 Å². The Balaban J connectivity index is 1.14. The Kier molecular flexibility index (Phi) is 6.37. The Hall–Kier alpha value is -7.62. The largest absolute Gasteiger partial charge is 0.309 e. The molecule has 11 aromatic rings. The lowest BCUT2D eigenvalue weighted by Crippen LogP contribution is -2.30. The number of nitrogens with zero attached hydrogens (tertiary/aromatic N) is 3. The quantitative estimate of drug-likeness (QED) is 0.180. The van der Waals surface area contributed by atoms with Gasteiger partial charge in [-0.25, -0.2) is 9.97 Å². The smallest absolute Gasteiger partial charge is 0.160 e. The van der Waals surface area contributed by atoms with Gasteiger partial charge in [0.25, 0.3) is 0 Å². The molecule has 58 heavy (non-hydrogen) atoms. The zero-order valence-corrected chi connectivity index (χ0v) is 31.4. The van der Waals surface area contributed by atoms with Crippen LogP contribution in [0.2, 0.25) is 0 Å². The van der Waals surface area contributed by atoms with Gasteiger partial charge in [0.1, 0.15) is 0 Å². The lowest BCUT2D eigenvalue weighted by Gasteiger charge is -2.37. The van der Waals surface area contributed by atoms with Gasteiger partial charge in [0.05, 0.1) is 27.7 Å². The van der Waals surface area contributed by atoms with Gasteiger partial charge < -0.3 is 4.57 Å². The molecule has 2 aliphatic rings. The molecule has 0 amide bonds. The fourth-order valence-corrected chi connectivity index (χ4v) is 10.5. The molecular weight excluding hydrogens is 703 g/mol. The first-order chi connectivity index (χ1) is 28.8. The van der Waals surface area contributed by atoms with Crippen molar-refractivity contribution in [1.29, 1.82) is 0 Å². The monoisotopic (exact) mass is 735 g/mol. The summed E-state index contributed by atoms with van der Waals surface area (Å²) in [6.45, 7) is 0. The summed E-state index contributed by atoms with van der Waals surface area (Å²) in [6, 6.07) is 73.0. The highest BCUT2D eigenvalue weighted by atomic mass is 15.0. The molecule has 2 heterocycles. The first kappa shape index (κ1) is 31.6. The first-order valence-corrected chi connectivity index (χ1v) is 20.0. The summed E-state index contributed by atoms with van der Waals surface area (Å²) in [7, 11) is 0. The molecule has 268 valence electrons. The van der Waals surface area contributed by atoms with Crippen LogP contribution in [-0.2, 0) is 5.41 Å². The normalized spacial score (nSPS) is 13.3. The van der Waals surface area contributed by atoms with Crippen molar-refractivity contribution in [2.45, 2.75) is 5.41 Å². The summed E-state index contributed by atoms with van der Waals surface area (Å²) in [4.78, 5) is 10.6. The molecule has 0 N–H and O–H groups in total. The second-order valence-corrected chi connectivity index (χ2v) is 15.7. The number of aromatic nitrogens is 3. The van der Waals surface area contributed by atoms with E-state index in [9.17, 15) is 0 Å². The van der Waals surface area contributed by atoms with Crippen LogP contribution in [-0.4, -0.2) is 14.5 Å². The molecule has 0 atom stereocenters. The number of para-hydroxylation sites is 1. The van der Waals surface area contributed by atoms with Gasteiger partial charge in [-0.3, -0.25) is 0 Å². The zero-order valence-electron chi connectivity index (χ0n) is 31.4. The minimum absolute atomic E-state index is 0.455.